The average Bonchev–Trinajstić information content (AvgIpc) is 2.70. The standard InChI is InChI=1S/C22H47N2O5P/c1-2-3-4-5-6-7-8-9-10-11-12-13-14-15-16-17-18-19-24-22(25)21(23)20-29-30(26,27)28/h21H,2-20,23H2,1H3,(H,24,25)(H2,26,27,28)/t21-/m0/s1. The van der Waals surface area contributed by atoms with Gasteiger partial charge in [-0.25, -0.2) is 4.57 Å². The fourth-order valence-electron chi connectivity index (χ4n) is 3.45. The second-order valence-corrected chi connectivity index (χ2v) is 9.58. The smallest absolute Gasteiger partial charge is 0.355 e. The van der Waals surface area contributed by atoms with Crippen molar-refractivity contribution in [3.8, 4) is 0 Å². The van der Waals surface area contributed by atoms with Crippen LogP contribution >= 0.6 is 7.82 Å². The van der Waals surface area contributed by atoms with E-state index in [9.17, 15) is 9.36 Å². The van der Waals surface area contributed by atoms with Crippen molar-refractivity contribution in [2.24, 2.45) is 5.73 Å². The van der Waals surface area contributed by atoms with Gasteiger partial charge in [0.15, 0.2) is 0 Å². The van der Waals surface area contributed by atoms with Crippen LogP contribution in [0.2, 0.25) is 0 Å². The summed E-state index contributed by atoms with van der Waals surface area (Å²) in [7, 11) is -4.59. The number of phosphoric acid groups is 1. The first-order chi connectivity index (χ1) is 14.4. The predicted molar refractivity (Wildman–Crippen MR) is 123 cm³/mol. The molecule has 1 atom stereocenters. The second-order valence-electron chi connectivity index (χ2n) is 8.34. The Morgan fingerprint density at radius 2 is 1.17 bits per heavy atom. The van der Waals surface area contributed by atoms with Crippen LogP contribution in [0.3, 0.4) is 0 Å². The van der Waals surface area contributed by atoms with Crippen molar-refractivity contribution in [1.82, 2.24) is 5.32 Å². The molecule has 0 unspecified atom stereocenters. The van der Waals surface area contributed by atoms with Gasteiger partial charge in [-0.05, 0) is 6.42 Å². The van der Waals surface area contributed by atoms with Crippen LogP contribution in [0.1, 0.15) is 116 Å². The highest BCUT2D eigenvalue weighted by molar-refractivity contribution is 7.46. The van der Waals surface area contributed by atoms with Crippen LogP contribution in [-0.4, -0.2) is 34.9 Å². The molecule has 5 N–H and O–H groups in total. The van der Waals surface area contributed by atoms with E-state index in [1.165, 1.54) is 96.3 Å². The van der Waals surface area contributed by atoms with Crippen LogP contribution in [0.15, 0.2) is 0 Å². The van der Waals surface area contributed by atoms with Crippen LogP contribution in [0.5, 0.6) is 0 Å². The number of hydrogen-bond acceptors (Lipinski definition) is 4. The summed E-state index contributed by atoms with van der Waals surface area (Å²) in [5, 5.41) is 2.67. The zero-order chi connectivity index (χ0) is 22.5. The van der Waals surface area contributed by atoms with Crippen LogP contribution in [0.4, 0.5) is 0 Å². The van der Waals surface area contributed by atoms with Crippen molar-refractivity contribution in [2.75, 3.05) is 13.2 Å². The van der Waals surface area contributed by atoms with Gasteiger partial charge in [0.1, 0.15) is 6.04 Å². The molecule has 0 aliphatic carbocycles. The van der Waals surface area contributed by atoms with Gasteiger partial charge in [0, 0.05) is 6.54 Å². The zero-order valence-electron chi connectivity index (χ0n) is 19.2. The second kappa shape index (κ2) is 20.4. The molecule has 1 amide bonds. The van der Waals surface area contributed by atoms with E-state index in [1.807, 2.05) is 0 Å². The lowest BCUT2D eigenvalue weighted by Gasteiger charge is -2.12. The molecule has 180 valence electrons. The highest BCUT2D eigenvalue weighted by Crippen LogP contribution is 2.35. The Morgan fingerprint density at radius 1 is 0.800 bits per heavy atom. The molecule has 0 aromatic heterocycles. The summed E-state index contributed by atoms with van der Waals surface area (Å²) in [4.78, 5) is 28.8. The topological polar surface area (TPSA) is 122 Å². The molecule has 7 nitrogen and oxygen atoms in total. The maximum atomic E-state index is 11.7. The van der Waals surface area contributed by atoms with Gasteiger partial charge in [0.2, 0.25) is 5.91 Å². The minimum absolute atomic E-state index is 0.444. The average molecular weight is 451 g/mol. The predicted octanol–water partition coefficient (Wildman–Crippen LogP) is 5.19. The Labute approximate surface area is 184 Å². The summed E-state index contributed by atoms with van der Waals surface area (Å²) >= 11 is 0. The molecule has 0 rings (SSSR count). The van der Waals surface area contributed by atoms with E-state index in [-0.39, 0.29) is 0 Å². The fraction of sp³-hybridized carbons (Fsp3) is 0.955. The van der Waals surface area contributed by atoms with Crippen LogP contribution in [-0.2, 0) is 13.9 Å². The summed E-state index contributed by atoms with van der Waals surface area (Å²) in [5.41, 5.74) is 5.52. The minimum Gasteiger partial charge on any atom is -0.355 e. The number of nitrogens with one attached hydrogen (secondary N) is 1. The number of nitrogens with two attached hydrogens (primary N) is 1. The lowest BCUT2D eigenvalue weighted by Crippen LogP contribution is -2.43. The summed E-state index contributed by atoms with van der Waals surface area (Å²) in [6, 6.07) is -1.07. The van der Waals surface area contributed by atoms with Crippen molar-refractivity contribution in [3.63, 3.8) is 0 Å². The lowest BCUT2D eigenvalue weighted by molar-refractivity contribution is -0.123. The normalized spacial score (nSPS) is 12.8. The monoisotopic (exact) mass is 450 g/mol. The van der Waals surface area contributed by atoms with E-state index in [1.54, 1.807) is 0 Å². The number of amides is 1. The Morgan fingerprint density at radius 3 is 1.53 bits per heavy atom. The Kier molecular flexibility index (Phi) is 20.1. The van der Waals surface area contributed by atoms with E-state index in [0.29, 0.717) is 6.54 Å². The van der Waals surface area contributed by atoms with Crippen molar-refractivity contribution >= 4 is 13.7 Å². The van der Waals surface area contributed by atoms with Gasteiger partial charge in [-0.15, -0.1) is 0 Å². The van der Waals surface area contributed by atoms with E-state index >= 15 is 0 Å². The van der Waals surface area contributed by atoms with Crippen LogP contribution < -0.4 is 11.1 Å². The van der Waals surface area contributed by atoms with Gasteiger partial charge in [-0.2, -0.15) is 0 Å². The van der Waals surface area contributed by atoms with Crippen LogP contribution in [0.25, 0.3) is 0 Å². The molecule has 0 aromatic rings. The van der Waals surface area contributed by atoms with Crippen molar-refractivity contribution in [2.45, 2.75) is 122 Å². The van der Waals surface area contributed by atoms with Crippen molar-refractivity contribution in [1.29, 1.82) is 0 Å². The molecule has 0 aliphatic rings. The Bertz CT molecular complexity index is 445. The molecule has 0 bridgehead atoms. The molecule has 0 saturated carbocycles. The van der Waals surface area contributed by atoms with Crippen LogP contribution in [0, 0.1) is 0 Å². The molecule has 0 aliphatic heterocycles. The van der Waals surface area contributed by atoms with Crippen molar-refractivity contribution in [3.05, 3.63) is 0 Å². The molecule has 0 fully saturated rings. The number of unbranched alkanes of at least 4 members (excludes halogenated alkanes) is 16. The molecular weight excluding hydrogens is 403 g/mol. The first-order valence-corrected chi connectivity index (χ1v) is 13.6. The summed E-state index contributed by atoms with van der Waals surface area (Å²) < 4.78 is 14.8. The van der Waals surface area contributed by atoms with Gasteiger partial charge in [0.25, 0.3) is 0 Å². The maximum Gasteiger partial charge on any atom is 0.469 e. The minimum atomic E-state index is -4.59. The van der Waals surface area contributed by atoms with E-state index in [0.717, 1.165) is 12.8 Å². The van der Waals surface area contributed by atoms with Crippen molar-refractivity contribution < 1.29 is 23.7 Å². The molecule has 0 aromatic carbocycles. The quantitative estimate of drug-likeness (QED) is 0.133. The van der Waals surface area contributed by atoms with Gasteiger partial charge < -0.3 is 20.8 Å². The molecule has 30 heavy (non-hydrogen) atoms. The molecular formula is C22H47N2O5P. The third-order valence-electron chi connectivity index (χ3n) is 5.34. The Balaban J connectivity index is 3.26. The summed E-state index contributed by atoms with van der Waals surface area (Å²) in [5.74, 6) is -0.444. The first-order valence-electron chi connectivity index (χ1n) is 12.1. The highest BCUT2D eigenvalue weighted by Gasteiger charge is 2.20. The number of rotatable bonds is 22. The number of phosphoric ester groups is 1. The van der Waals surface area contributed by atoms with E-state index in [4.69, 9.17) is 15.5 Å². The Hall–Kier alpha value is -0.460. The number of carbonyl (C=O) groups is 1. The van der Waals surface area contributed by atoms with Gasteiger partial charge >= 0.3 is 7.82 Å². The molecule has 0 saturated heterocycles. The highest BCUT2D eigenvalue weighted by atomic mass is 31.2. The number of hydrogen-bond donors (Lipinski definition) is 4. The van der Waals surface area contributed by atoms with Gasteiger partial charge in [-0.3, -0.25) is 9.32 Å². The largest absolute Gasteiger partial charge is 0.469 e. The molecule has 8 heteroatoms. The lowest BCUT2D eigenvalue weighted by atomic mass is 10.0. The van der Waals surface area contributed by atoms with E-state index in [2.05, 4.69) is 16.8 Å². The first kappa shape index (κ1) is 29.5. The number of carbonyl (C=O) groups excluding carboxylic acids is 1. The third-order valence-corrected chi connectivity index (χ3v) is 5.82. The van der Waals surface area contributed by atoms with Gasteiger partial charge in [-0.1, -0.05) is 110 Å². The molecule has 0 radical (unpaired) electrons. The zero-order valence-corrected chi connectivity index (χ0v) is 20.1. The summed E-state index contributed by atoms with van der Waals surface area (Å²) in [6.45, 7) is 2.30. The molecule has 0 heterocycles. The SMILES string of the molecule is CCCCCCCCCCCCCCCCCCCNC(=O)[C@@H](N)COP(=O)(O)O. The molecule has 0 spiro atoms. The fourth-order valence-corrected chi connectivity index (χ4v) is 3.80. The van der Waals surface area contributed by atoms with Gasteiger partial charge in [0.05, 0.1) is 6.61 Å². The van der Waals surface area contributed by atoms with E-state index < -0.39 is 26.4 Å². The maximum absolute atomic E-state index is 11.7. The summed E-state index contributed by atoms with van der Waals surface area (Å²) in [6.07, 6.45) is 22.3. The third kappa shape index (κ3) is 22.2.